The third-order valence-electron chi connectivity index (χ3n) is 12.0. The quantitative estimate of drug-likeness (QED) is 0.0203. The third kappa shape index (κ3) is 54.5. The predicted molar refractivity (Wildman–Crippen MR) is 293 cm³/mol. The number of esters is 1. The monoisotopic (exact) mass is 988 g/mol. The van der Waals surface area contributed by atoms with E-state index in [9.17, 15) is 19.0 Å². The lowest BCUT2D eigenvalue weighted by atomic mass is 10.0. The zero-order valence-corrected chi connectivity index (χ0v) is 45.6. The second-order valence-corrected chi connectivity index (χ2v) is 20.2. The molecule has 0 aliphatic carbocycles. The van der Waals surface area contributed by atoms with Gasteiger partial charge in [-0.1, -0.05) is 216 Å². The summed E-state index contributed by atoms with van der Waals surface area (Å²) in [5.41, 5.74) is 0. The Morgan fingerprint density at radius 3 is 1.36 bits per heavy atom. The van der Waals surface area contributed by atoms with Crippen LogP contribution in [0.4, 0.5) is 0 Å². The van der Waals surface area contributed by atoms with Gasteiger partial charge in [0.15, 0.2) is 6.10 Å². The number of phosphoric ester groups is 1. The Hall–Kier alpha value is -2.71. The largest absolute Gasteiger partial charge is 0.498 e. The van der Waals surface area contributed by atoms with Crippen LogP contribution in [0.3, 0.4) is 0 Å². The fourth-order valence-electron chi connectivity index (χ4n) is 7.70. The molecule has 1 amide bonds. The molecule has 0 spiro atoms. The second kappa shape index (κ2) is 54.6. The fraction of sp³-hybridized carbons (Fsp3) is 0.763. The zero-order valence-electron chi connectivity index (χ0n) is 44.7. The SMILES string of the molecule is CCCCC/C=C\C/C=C\C/C=C\C/C=C\CCCC(=O)NCCOP(=O)(O)OC[C@@H](CO/C=C\CCCCCCCCCCCCCC)OC(=O)CCCCCCC/C=C\CCCCCCCC. The Labute approximate surface area is 424 Å². The highest BCUT2D eigenvalue weighted by Gasteiger charge is 2.25. The van der Waals surface area contributed by atoms with Crippen molar-refractivity contribution in [2.24, 2.45) is 0 Å². The van der Waals surface area contributed by atoms with Crippen molar-refractivity contribution >= 4 is 19.7 Å². The number of hydrogen-bond donors (Lipinski definition) is 2. The van der Waals surface area contributed by atoms with Crippen LogP contribution < -0.4 is 5.32 Å². The summed E-state index contributed by atoms with van der Waals surface area (Å²) < 4.78 is 34.5. The van der Waals surface area contributed by atoms with E-state index in [0.717, 1.165) is 77.0 Å². The molecular formula is C59H106NO8P. The molecule has 1 unspecified atom stereocenters. The van der Waals surface area contributed by atoms with Crippen molar-refractivity contribution in [3.8, 4) is 0 Å². The molecule has 400 valence electrons. The van der Waals surface area contributed by atoms with E-state index in [-0.39, 0.29) is 44.7 Å². The van der Waals surface area contributed by atoms with Crippen LogP contribution in [0.1, 0.15) is 258 Å². The summed E-state index contributed by atoms with van der Waals surface area (Å²) in [4.78, 5) is 35.5. The molecule has 0 fully saturated rings. The van der Waals surface area contributed by atoms with Crippen LogP contribution in [0.25, 0.3) is 0 Å². The van der Waals surface area contributed by atoms with Crippen LogP contribution in [0.2, 0.25) is 0 Å². The number of carbonyl (C=O) groups excluding carboxylic acids is 2. The maximum atomic E-state index is 12.8. The molecule has 0 aromatic carbocycles. The van der Waals surface area contributed by atoms with Crippen LogP contribution in [0.5, 0.6) is 0 Å². The molecular weight excluding hydrogens is 882 g/mol. The summed E-state index contributed by atoms with van der Waals surface area (Å²) in [6.07, 6.45) is 66.5. The molecule has 2 atom stereocenters. The topological polar surface area (TPSA) is 120 Å². The number of amides is 1. The van der Waals surface area contributed by atoms with Gasteiger partial charge in [0, 0.05) is 19.4 Å². The lowest BCUT2D eigenvalue weighted by molar-refractivity contribution is -0.153. The van der Waals surface area contributed by atoms with Crippen molar-refractivity contribution in [2.75, 3.05) is 26.4 Å². The van der Waals surface area contributed by atoms with Crippen molar-refractivity contribution in [1.29, 1.82) is 0 Å². The fourth-order valence-corrected chi connectivity index (χ4v) is 8.45. The van der Waals surface area contributed by atoms with Crippen molar-refractivity contribution < 1.29 is 37.6 Å². The number of rotatable bonds is 53. The van der Waals surface area contributed by atoms with E-state index in [1.54, 1.807) is 6.26 Å². The molecule has 0 aromatic rings. The normalized spacial score (nSPS) is 13.6. The standard InChI is InChI=1S/C59H106NO8P/c1-4-7-10-13-16-19-22-25-28-29-31-32-35-38-41-44-47-50-58(61)60-52-54-66-69(63,64)67-56-57(55-65-53-49-46-43-40-37-34-27-24-21-18-15-12-9-6-3)68-59(62)51-48-45-42-39-36-33-30-26-23-20-17-14-11-8-5-2/h16,19,25-26,28,30-32,38,41,49,53,57H,4-15,17-18,20-24,27,29,33-37,39-40,42-48,50-52,54-56H2,1-3H3,(H,60,61)(H,63,64)/b19-16-,28-25-,30-26-,32-31-,41-38-,53-49-/t57-/m1/s1. The van der Waals surface area contributed by atoms with Gasteiger partial charge in [-0.25, -0.2) is 4.57 Å². The van der Waals surface area contributed by atoms with Crippen LogP contribution in [-0.2, 0) is 32.7 Å². The van der Waals surface area contributed by atoms with Gasteiger partial charge in [-0.2, -0.15) is 0 Å². The summed E-state index contributed by atoms with van der Waals surface area (Å²) in [7, 11) is -4.48. The Morgan fingerprint density at radius 2 is 0.855 bits per heavy atom. The molecule has 9 nitrogen and oxygen atoms in total. The lowest BCUT2D eigenvalue weighted by Crippen LogP contribution is -2.28. The number of allylic oxidation sites excluding steroid dienone is 11. The first kappa shape index (κ1) is 66.3. The molecule has 0 saturated heterocycles. The number of phosphoric acid groups is 1. The van der Waals surface area contributed by atoms with E-state index in [2.05, 4.69) is 86.8 Å². The van der Waals surface area contributed by atoms with Crippen LogP contribution in [0.15, 0.2) is 73.1 Å². The van der Waals surface area contributed by atoms with Gasteiger partial charge in [0.2, 0.25) is 5.91 Å². The maximum absolute atomic E-state index is 12.8. The van der Waals surface area contributed by atoms with Crippen molar-refractivity contribution in [1.82, 2.24) is 5.32 Å². The lowest BCUT2D eigenvalue weighted by Gasteiger charge is -2.19. The van der Waals surface area contributed by atoms with Crippen molar-refractivity contribution in [3.05, 3.63) is 73.1 Å². The number of unbranched alkanes of at least 4 members (excludes halogenated alkanes) is 27. The molecule has 0 rings (SSSR count). The predicted octanol–water partition coefficient (Wildman–Crippen LogP) is 18.0. The first-order valence-electron chi connectivity index (χ1n) is 28.4. The van der Waals surface area contributed by atoms with Crippen LogP contribution in [-0.4, -0.2) is 49.2 Å². The summed E-state index contributed by atoms with van der Waals surface area (Å²) in [5, 5.41) is 2.73. The minimum atomic E-state index is -4.48. The minimum Gasteiger partial charge on any atom is -0.498 e. The number of hydrogen-bond acceptors (Lipinski definition) is 7. The summed E-state index contributed by atoms with van der Waals surface area (Å²) >= 11 is 0. The van der Waals surface area contributed by atoms with E-state index >= 15 is 0 Å². The molecule has 0 aromatic heterocycles. The molecule has 0 heterocycles. The van der Waals surface area contributed by atoms with Gasteiger partial charge in [0.1, 0.15) is 6.61 Å². The molecule has 0 aliphatic rings. The molecule has 0 bridgehead atoms. The molecule has 0 radical (unpaired) electrons. The Kier molecular flexibility index (Phi) is 52.5. The number of ether oxygens (including phenoxy) is 2. The Balaban J connectivity index is 4.51. The van der Waals surface area contributed by atoms with E-state index in [1.807, 2.05) is 6.08 Å². The molecule has 2 N–H and O–H groups in total. The van der Waals surface area contributed by atoms with Crippen LogP contribution in [0, 0.1) is 0 Å². The number of carbonyl (C=O) groups is 2. The van der Waals surface area contributed by atoms with E-state index in [4.69, 9.17) is 18.5 Å². The highest BCUT2D eigenvalue weighted by atomic mass is 31.2. The molecule has 10 heteroatoms. The van der Waals surface area contributed by atoms with Gasteiger partial charge >= 0.3 is 13.8 Å². The van der Waals surface area contributed by atoms with Gasteiger partial charge in [0.05, 0.1) is 19.5 Å². The van der Waals surface area contributed by atoms with Gasteiger partial charge in [-0.3, -0.25) is 18.6 Å². The highest BCUT2D eigenvalue weighted by molar-refractivity contribution is 7.47. The molecule has 0 aliphatic heterocycles. The first-order valence-corrected chi connectivity index (χ1v) is 29.9. The number of nitrogens with one attached hydrogen (secondary N) is 1. The van der Waals surface area contributed by atoms with E-state index in [0.29, 0.717) is 12.8 Å². The summed E-state index contributed by atoms with van der Waals surface area (Å²) in [5.74, 6) is -0.533. The molecule has 0 saturated carbocycles. The third-order valence-corrected chi connectivity index (χ3v) is 13.0. The van der Waals surface area contributed by atoms with Gasteiger partial charge < -0.3 is 19.7 Å². The average molecular weight is 988 g/mol. The van der Waals surface area contributed by atoms with E-state index < -0.39 is 13.9 Å². The minimum absolute atomic E-state index is 0.00975. The van der Waals surface area contributed by atoms with Crippen molar-refractivity contribution in [3.63, 3.8) is 0 Å². The average Bonchev–Trinajstić information content (AvgIpc) is 3.34. The highest BCUT2D eigenvalue weighted by Crippen LogP contribution is 2.43. The molecule has 69 heavy (non-hydrogen) atoms. The zero-order chi connectivity index (χ0) is 50.2. The first-order chi connectivity index (χ1) is 33.8. The summed E-state index contributed by atoms with van der Waals surface area (Å²) in [6, 6.07) is 0. The van der Waals surface area contributed by atoms with Gasteiger partial charge in [-0.05, 0) is 96.0 Å². The second-order valence-electron chi connectivity index (χ2n) is 18.8. The Morgan fingerprint density at radius 1 is 0.464 bits per heavy atom. The van der Waals surface area contributed by atoms with Crippen LogP contribution >= 0.6 is 7.82 Å². The maximum Gasteiger partial charge on any atom is 0.472 e. The smallest absolute Gasteiger partial charge is 0.472 e. The van der Waals surface area contributed by atoms with Crippen molar-refractivity contribution in [2.45, 2.75) is 264 Å². The Bertz CT molecular complexity index is 1360. The van der Waals surface area contributed by atoms with Gasteiger partial charge in [0.25, 0.3) is 0 Å². The van der Waals surface area contributed by atoms with Gasteiger partial charge in [-0.15, -0.1) is 0 Å². The summed E-state index contributed by atoms with van der Waals surface area (Å²) in [6.45, 7) is 6.24. The van der Waals surface area contributed by atoms with E-state index in [1.165, 1.54) is 141 Å².